The van der Waals surface area contributed by atoms with Crippen LogP contribution in [0.2, 0.25) is 0 Å². The summed E-state index contributed by atoms with van der Waals surface area (Å²) < 4.78 is 0.506. The lowest BCUT2D eigenvalue weighted by Gasteiger charge is -2.26. The van der Waals surface area contributed by atoms with Gasteiger partial charge < -0.3 is 14.7 Å². The van der Waals surface area contributed by atoms with Gasteiger partial charge in [-0.3, -0.25) is 4.79 Å². The molecular formula is C12H18NO3+. The fraction of sp³-hybridized carbons (Fsp3) is 0.417. The van der Waals surface area contributed by atoms with Crippen LogP contribution in [-0.2, 0) is 0 Å². The average Bonchev–Trinajstić information content (AvgIpc) is 2.14. The molecule has 88 valence electrons. The van der Waals surface area contributed by atoms with Crippen molar-refractivity contribution in [3.63, 3.8) is 0 Å². The summed E-state index contributed by atoms with van der Waals surface area (Å²) in [7, 11) is 5.71. The van der Waals surface area contributed by atoms with E-state index in [-0.39, 0.29) is 11.5 Å². The van der Waals surface area contributed by atoms with Gasteiger partial charge in [-0.25, -0.2) is 0 Å². The summed E-state index contributed by atoms with van der Waals surface area (Å²) in [6.45, 7) is 0.342. The van der Waals surface area contributed by atoms with E-state index in [1.807, 2.05) is 21.1 Å². The molecule has 0 spiro atoms. The molecule has 2 N–H and O–H groups in total. The molecule has 0 aliphatic carbocycles. The third kappa shape index (κ3) is 3.64. The first-order valence-electron chi connectivity index (χ1n) is 5.11. The van der Waals surface area contributed by atoms with Gasteiger partial charge in [0.05, 0.1) is 21.1 Å². The molecule has 0 aliphatic rings. The molecular weight excluding hydrogens is 206 g/mol. The van der Waals surface area contributed by atoms with Gasteiger partial charge in [0.25, 0.3) is 0 Å². The van der Waals surface area contributed by atoms with Crippen molar-refractivity contribution in [2.45, 2.75) is 6.10 Å². The molecule has 1 aromatic carbocycles. The van der Waals surface area contributed by atoms with E-state index < -0.39 is 6.10 Å². The standard InChI is InChI=1S/C12H17NO3/c1-13(2,3)8-11(15)12(16)9-5-4-6-10(14)7-9/h4-7,11,15H,8H2,1-3H3/p+1. The van der Waals surface area contributed by atoms with E-state index in [9.17, 15) is 15.0 Å². The highest BCUT2D eigenvalue weighted by Crippen LogP contribution is 2.13. The fourth-order valence-corrected chi connectivity index (χ4v) is 1.45. The van der Waals surface area contributed by atoms with Crippen molar-refractivity contribution in [2.24, 2.45) is 0 Å². The predicted octanol–water partition coefficient (Wildman–Crippen LogP) is 0.642. The Balaban J connectivity index is 2.78. The number of aliphatic hydroxyl groups is 1. The van der Waals surface area contributed by atoms with Gasteiger partial charge in [0.15, 0.2) is 11.9 Å². The number of hydrogen-bond acceptors (Lipinski definition) is 3. The molecule has 0 fully saturated rings. The van der Waals surface area contributed by atoms with Crippen LogP contribution in [-0.4, -0.2) is 54.3 Å². The van der Waals surface area contributed by atoms with Crippen LogP contribution in [0.4, 0.5) is 0 Å². The Labute approximate surface area is 95.3 Å². The van der Waals surface area contributed by atoms with Crippen LogP contribution in [0.3, 0.4) is 0 Å². The minimum atomic E-state index is -1.04. The minimum Gasteiger partial charge on any atom is -0.508 e. The quantitative estimate of drug-likeness (QED) is 0.583. The first kappa shape index (κ1) is 12.7. The van der Waals surface area contributed by atoms with Crippen molar-refractivity contribution in [1.29, 1.82) is 0 Å². The van der Waals surface area contributed by atoms with E-state index in [0.717, 1.165) is 0 Å². The maximum Gasteiger partial charge on any atom is 0.197 e. The van der Waals surface area contributed by atoms with Crippen molar-refractivity contribution in [3.05, 3.63) is 29.8 Å². The number of nitrogens with zero attached hydrogens (tertiary/aromatic N) is 1. The Hall–Kier alpha value is -1.39. The second-order valence-electron chi connectivity index (χ2n) is 4.90. The number of likely N-dealkylation sites (N-methyl/N-ethyl adjacent to an activating group) is 1. The molecule has 0 saturated carbocycles. The zero-order valence-corrected chi connectivity index (χ0v) is 9.84. The number of rotatable bonds is 4. The topological polar surface area (TPSA) is 57.5 Å². The van der Waals surface area contributed by atoms with Gasteiger partial charge >= 0.3 is 0 Å². The zero-order chi connectivity index (χ0) is 12.3. The third-order valence-electron chi connectivity index (χ3n) is 2.15. The molecule has 0 heterocycles. The molecule has 16 heavy (non-hydrogen) atoms. The molecule has 0 aliphatic heterocycles. The summed E-state index contributed by atoms with van der Waals surface area (Å²) >= 11 is 0. The van der Waals surface area contributed by atoms with Crippen molar-refractivity contribution < 1.29 is 19.5 Å². The number of carbonyl (C=O) groups is 1. The Bertz CT molecular complexity index is 382. The summed E-state index contributed by atoms with van der Waals surface area (Å²) in [6.07, 6.45) is -1.04. The number of phenolic OH excluding ortho intramolecular Hbond substituents is 1. The van der Waals surface area contributed by atoms with Gasteiger partial charge in [0, 0.05) is 5.56 Å². The summed E-state index contributed by atoms with van der Waals surface area (Å²) in [5, 5.41) is 19.0. The Morgan fingerprint density at radius 1 is 1.38 bits per heavy atom. The number of hydrogen-bond donors (Lipinski definition) is 2. The molecule has 1 unspecified atom stereocenters. The molecule has 0 amide bonds. The van der Waals surface area contributed by atoms with Crippen LogP contribution in [0, 0.1) is 0 Å². The maximum atomic E-state index is 11.8. The molecule has 0 radical (unpaired) electrons. The number of aliphatic hydroxyl groups excluding tert-OH is 1. The van der Waals surface area contributed by atoms with Crippen LogP contribution in [0.5, 0.6) is 5.75 Å². The van der Waals surface area contributed by atoms with Crippen LogP contribution in [0.25, 0.3) is 0 Å². The van der Waals surface area contributed by atoms with E-state index in [2.05, 4.69) is 0 Å². The first-order valence-corrected chi connectivity index (χ1v) is 5.11. The Kier molecular flexibility index (Phi) is 3.67. The number of ketones is 1. The minimum absolute atomic E-state index is 0.0308. The Morgan fingerprint density at radius 3 is 2.50 bits per heavy atom. The number of phenols is 1. The smallest absolute Gasteiger partial charge is 0.197 e. The first-order chi connectivity index (χ1) is 7.29. The van der Waals surface area contributed by atoms with Gasteiger partial charge in [-0.05, 0) is 12.1 Å². The van der Waals surface area contributed by atoms with Gasteiger partial charge in [0.2, 0.25) is 0 Å². The number of benzene rings is 1. The molecule has 1 atom stereocenters. The number of carbonyl (C=O) groups excluding carboxylic acids is 1. The van der Waals surface area contributed by atoms with Crippen LogP contribution < -0.4 is 0 Å². The summed E-state index contributed by atoms with van der Waals surface area (Å²) in [6, 6.07) is 6.02. The van der Waals surface area contributed by atoms with Gasteiger partial charge in [-0.1, -0.05) is 12.1 Å². The van der Waals surface area contributed by atoms with Crippen LogP contribution >= 0.6 is 0 Å². The van der Waals surface area contributed by atoms with E-state index >= 15 is 0 Å². The normalized spacial score (nSPS) is 13.5. The fourth-order valence-electron chi connectivity index (χ4n) is 1.45. The lowest BCUT2D eigenvalue weighted by molar-refractivity contribution is -0.872. The van der Waals surface area contributed by atoms with Crippen molar-refractivity contribution in [1.82, 2.24) is 0 Å². The lowest BCUT2D eigenvalue weighted by atomic mass is 10.1. The Morgan fingerprint density at radius 2 is 2.00 bits per heavy atom. The maximum absolute atomic E-state index is 11.8. The predicted molar refractivity (Wildman–Crippen MR) is 61.3 cm³/mol. The monoisotopic (exact) mass is 224 g/mol. The molecule has 4 nitrogen and oxygen atoms in total. The van der Waals surface area contributed by atoms with Crippen LogP contribution in [0.1, 0.15) is 10.4 Å². The second kappa shape index (κ2) is 4.63. The molecule has 0 saturated heterocycles. The van der Waals surface area contributed by atoms with E-state index in [0.29, 0.717) is 16.6 Å². The van der Waals surface area contributed by atoms with Crippen molar-refractivity contribution >= 4 is 5.78 Å². The average molecular weight is 224 g/mol. The third-order valence-corrected chi connectivity index (χ3v) is 2.15. The van der Waals surface area contributed by atoms with Crippen molar-refractivity contribution in [3.8, 4) is 5.75 Å². The van der Waals surface area contributed by atoms with Gasteiger partial charge in [0.1, 0.15) is 12.3 Å². The highest BCUT2D eigenvalue weighted by atomic mass is 16.3. The van der Waals surface area contributed by atoms with Crippen molar-refractivity contribution in [2.75, 3.05) is 27.7 Å². The molecule has 4 heteroatoms. The van der Waals surface area contributed by atoms with Gasteiger partial charge in [-0.15, -0.1) is 0 Å². The van der Waals surface area contributed by atoms with E-state index in [4.69, 9.17) is 0 Å². The molecule has 1 rings (SSSR count). The highest BCUT2D eigenvalue weighted by molar-refractivity contribution is 5.99. The molecule has 0 aromatic heterocycles. The van der Waals surface area contributed by atoms with Crippen LogP contribution in [0.15, 0.2) is 24.3 Å². The number of Topliss-reactive ketones (excluding diaryl/α,β-unsaturated/α-hetero) is 1. The summed E-state index contributed by atoms with van der Waals surface area (Å²) in [5.41, 5.74) is 0.334. The second-order valence-corrected chi connectivity index (χ2v) is 4.90. The van der Waals surface area contributed by atoms with E-state index in [1.54, 1.807) is 12.1 Å². The molecule has 1 aromatic rings. The number of aromatic hydroxyl groups is 1. The van der Waals surface area contributed by atoms with E-state index in [1.165, 1.54) is 12.1 Å². The summed E-state index contributed by atoms with van der Waals surface area (Å²) in [4.78, 5) is 11.8. The zero-order valence-electron chi connectivity index (χ0n) is 9.84. The highest BCUT2D eigenvalue weighted by Gasteiger charge is 2.23. The molecule has 0 bridgehead atoms. The number of quaternary nitrogens is 1. The lowest BCUT2D eigenvalue weighted by Crippen LogP contribution is -2.44. The summed E-state index contributed by atoms with van der Waals surface area (Å²) in [5.74, 6) is -0.327. The largest absolute Gasteiger partial charge is 0.508 e. The van der Waals surface area contributed by atoms with Gasteiger partial charge in [-0.2, -0.15) is 0 Å². The SMILES string of the molecule is C[N+](C)(C)CC(O)C(=O)c1cccc(O)c1.